The van der Waals surface area contributed by atoms with Crippen molar-refractivity contribution < 1.29 is 38.8 Å². The first kappa shape index (κ1) is 33.9. The van der Waals surface area contributed by atoms with E-state index in [1.165, 1.54) is 13.8 Å². The van der Waals surface area contributed by atoms with Gasteiger partial charge in [-0.25, -0.2) is 0 Å². The molecule has 242 valence electrons. The molecule has 0 unspecified atom stereocenters. The minimum Gasteiger partial charge on any atom is -0.458 e. The Hall–Kier alpha value is -3.01. The molecule has 2 bridgehead atoms. The second kappa shape index (κ2) is 12.8. The smallest absolute Gasteiger partial charge is 0.308 e. The molecule has 0 spiro atoms. The molecule has 0 amide bonds. The van der Waals surface area contributed by atoms with Gasteiger partial charge in [0.1, 0.15) is 18.3 Å². The van der Waals surface area contributed by atoms with E-state index < -0.39 is 65.1 Å². The first-order valence-electron chi connectivity index (χ1n) is 15.5. The van der Waals surface area contributed by atoms with Gasteiger partial charge in [0.15, 0.2) is 6.10 Å². The molecule has 0 aliphatic heterocycles. The number of nitrogens with zero attached hydrogens (tertiary/aromatic N) is 1. The summed E-state index contributed by atoms with van der Waals surface area (Å²) in [5.74, 6) is -2.53. The second-order valence-electron chi connectivity index (χ2n) is 13.9. The molecular weight excluding hydrogens is 562 g/mol. The van der Waals surface area contributed by atoms with Gasteiger partial charge in [0.25, 0.3) is 0 Å². The fourth-order valence-electron chi connectivity index (χ4n) is 8.24. The van der Waals surface area contributed by atoms with Crippen molar-refractivity contribution in [1.82, 2.24) is 4.90 Å². The van der Waals surface area contributed by atoms with Crippen molar-refractivity contribution in [3.05, 3.63) is 59.2 Å². The van der Waals surface area contributed by atoms with Crippen LogP contribution >= 0.6 is 0 Å². The second-order valence-corrected chi connectivity index (χ2v) is 13.9. The largest absolute Gasteiger partial charge is 0.458 e. The summed E-state index contributed by atoms with van der Waals surface area (Å²) in [6, 6.07) is 9.58. The summed E-state index contributed by atoms with van der Waals surface area (Å²) in [6.45, 7) is 14.6. The summed E-state index contributed by atoms with van der Waals surface area (Å²) in [5.41, 5.74) is 1.22. The molecule has 4 rings (SSSR count). The van der Waals surface area contributed by atoms with Gasteiger partial charge in [-0.15, -0.1) is 0 Å². The third-order valence-electron chi connectivity index (χ3n) is 10.5. The predicted octanol–water partition coefficient (Wildman–Crippen LogP) is 4.53. The summed E-state index contributed by atoms with van der Waals surface area (Å²) in [4.78, 5) is 39.9. The lowest BCUT2D eigenvalue weighted by Gasteiger charge is -2.59. The molecule has 1 aromatic carbocycles. The van der Waals surface area contributed by atoms with Crippen LogP contribution in [0.25, 0.3) is 0 Å². The van der Waals surface area contributed by atoms with Crippen LogP contribution in [0.1, 0.15) is 78.8 Å². The Bertz CT molecular complexity index is 1300. The monoisotopic (exact) mass is 611 g/mol. The van der Waals surface area contributed by atoms with Gasteiger partial charge in [-0.3, -0.25) is 14.4 Å². The predicted molar refractivity (Wildman–Crippen MR) is 165 cm³/mol. The Morgan fingerprint density at radius 1 is 1.00 bits per heavy atom. The highest BCUT2D eigenvalue weighted by molar-refractivity contribution is 5.71. The average molecular weight is 612 g/mol. The highest BCUT2D eigenvalue weighted by atomic mass is 16.6. The van der Waals surface area contributed by atoms with E-state index in [4.69, 9.17) is 14.2 Å². The quantitative estimate of drug-likeness (QED) is 0.260. The first-order chi connectivity index (χ1) is 20.5. The van der Waals surface area contributed by atoms with Crippen molar-refractivity contribution in [3.8, 4) is 0 Å². The van der Waals surface area contributed by atoms with E-state index in [2.05, 4.69) is 6.58 Å². The molecule has 3 aliphatic rings. The zero-order chi connectivity index (χ0) is 32.7. The van der Waals surface area contributed by atoms with Gasteiger partial charge >= 0.3 is 17.9 Å². The van der Waals surface area contributed by atoms with Crippen LogP contribution in [0.15, 0.2) is 53.6 Å². The molecule has 9 nitrogen and oxygen atoms in total. The topological polar surface area (TPSA) is 123 Å². The molecule has 9 atom stereocenters. The number of aliphatic hydroxyl groups is 2. The Kier molecular flexibility index (Phi) is 9.83. The van der Waals surface area contributed by atoms with Crippen molar-refractivity contribution in [3.63, 3.8) is 0 Å². The Balaban J connectivity index is 1.70. The molecule has 1 aromatic rings. The fraction of sp³-hybridized carbons (Fsp3) is 0.629. The standard InChI is InChI=1S/C35H49NO8/c1-19-26(44-28(39)18-25(36(8)9)23-13-11-10-12-14-23)15-16-35(7)29(19)31(40)24-17-27(42-21(3)37)20(2)30(34(24,5)6)32(33(35)41)43-22(4)38/h10-14,24-27,29,31-33,40-41H,1,15-18H2,2-9H3/t24-,25+,26-,27-,29-,31+,32+,33-,35+/m0/s1. The van der Waals surface area contributed by atoms with Crippen molar-refractivity contribution in [2.24, 2.45) is 22.7 Å². The molecule has 0 heterocycles. The summed E-state index contributed by atoms with van der Waals surface area (Å²) in [7, 11) is 3.84. The fourth-order valence-corrected chi connectivity index (χ4v) is 8.24. The lowest BCUT2D eigenvalue weighted by atomic mass is 9.49. The van der Waals surface area contributed by atoms with Crippen molar-refractivity contribution in [2.75, 3.05) is 14.1 Å². The Morgan fingerprint density at radius 2 is 1.61 bits per heavy atom. The van der Waals surface area contributed by atoms with Crippen molar-refractivity contribution in [2.45, 2.75) is 104 Å². The molecule has 0 saturated heterocycles. The summed E-state index contributed by atoms with van der Waals surface area (Å²) < 4.78 is 17.6. The van der Waals surface area contributed by atoms with E-state index >= 15 is 0 Å². The number of esters is 3. The number of carbonyl (C=O) groups is 3. The first-order valence-corrected chi connectivity index (χ1v) is 15.5. The molecule has 0 radical (unpaired) electrons. The molecule has 2 fully saturated rings. The normalized spacial score (nSPS) is 33.9. The van der Waals surface area contributed by atoms with E-state index in [-0.39, 0.29) is 18.4 Å². The number of aliphatic hydroxyl groups excluding tert-OH is 2. The van der Waals surface area contributed by atoms with E-state index in [9.17, 15) is 24.6 Å². The Morgan fingerprint density at radius 3 is 2.18 bits per heavy atom. The zero-order valence-electron chi connectivity index (χ0n) is 27.3. The number of hydrogen-bond donors (Lipinski definition) is 2. The summed E-state index contributed by atoms with van der Waals surface area (Å²) >= 11 is 0. The van der Waals surface area contributed by atoms with Gasteiger partial charge in [0, 0.05) is 31.2 Å². The van der Waals surface area contributed by atoms with Crippen LogP contribution in [0.2, 0.25) is 0 Å². The van der Waals surface area contributed by atoms with Crippen LogP contribution in [0.4, 0.5) is 0 Å². The van der Waals surface area contributed by atoms with E-state index in [1.807, 2.05) is 77.0 Å². The van der Waals surface area contributed by atoms with Gasteiger partial charge in [0.2, 0.25) is 0 Å². The lowest BCUT2D eigenvalue weighted by Crippen LogP contribution is -2.63. The number of hydrogen-bond acceptors (Lipinski definition) is 9. The zero-order valence-corrected chi connectivity index (χ0v) is 27.3. The SMILES string of the molecule is C=C1[C@@H](OC(=O)C[C@H](c2ccccc2)N(C)C)CC[C@@]2(C)[C@@H](O)[C@H](OC(C)=O)C3=C(C)[C@@H](OC(C)=O)C[C@@H]([C@@H](O)[C@H]12)C3(C)C. The van der Waals surface area contributed by atoms with Crippen molar-refractivity contribution >= 4 is 17.9 Å². The maximum atomic E-state index is 13.4. The summed E-state index contributed by atoms with van der Waals surface area (Å²) in [6.07, 6.45) is -3.30. The molecule has 3 aliphatic carbocycles. The minimum atomic E-state index is -1.21. The number of ether oxygens (including phenoxy) is 3. The molecule has 2 N–H and O–H groups in total. The number of rotatable bonds is 7. The van der Waals surface area contributed by atoms with Gasteiger partial charge in [-0.05, 0) is 73.9 Å². The van der Waals surface area contributed by atoms with Crippen LogP contribution in [-0.2, 0) is 28.6 Å². The Labute approximate surface area is 261 Å². The third kappa shape index (κ3) is 6.24. The molecule has 2 saturated carbocycles. The third-order valence-corrected chi connectivity index (χ3v) is 10.5. The number of fused-ring (bicyclic) bond motifs is 3. The maximum Gasteiger partial charge on any atom is 0.308 e. The van der Waals surface area contributed by atoms with Crippen LogP contribution < -0.4 is 0 Å². The number of carbonyl (C=O) groups excluding carboxylic acids is 3. The van der Waals surface area contributed by atoms with Crippen LogP contribution in [0.3, 0.4) is 0 Å². The molecule has 9 heteroatoms. The van der Waals surface area contributed by atoms with E-state index in [0.29, 0.717) is 30.4 Å². The van der Waals surface area contributed by atoms with Gasteiger partial charge in [0.05, 0.1) is 12.5 Å². The van der Waals surface area contributed by atoms with E-state index in [0.717, 1.165) is 11.1 Å². The van der Waals surface area contributed by atoms with E-state index in [1.54, 1.807) is 0 Å². The van der Waals surface area contributed by atoms with Crippen LogP contribution in [0, 0.1) is 22.7 Å². The molecular formula is C35H49NO8. The van der Waals surface area contributed by atoms with Crippen LogP contribution in [0.5, 0.6) is 0 Å². The maximum absolute atomic E-state index is 13.4. The highest BCUT2D eigenvalue weighted by Crippen LogP contribution is 2.59. The van der Waals surface area contributed by atoms with Gasteiger partial charge < -0.3 is 29.3 Å². The lowest BCUT2D eigenvalue weighted by molar-refractivity contribution is -0.183. The van der Waals surface area contributed by atoms with Gasteiger partial charge in [-0.2, -0.15) is 0 Å². The van der Waals surface area contributed by atoms with Gasteiger partial charge in [-0.1, -0.05) is 57.7 Å². The summed E-state index contributed by atoms with van der Waals surface area (Å²) in [5, 5.41) is 24.4. The van der Waals surface area contributed by atoms with Crippen molar-refractivity contribution in [1.29, 1.82) is 0 Å². The average Bonchev–Trinajstić information content (AvgIpc) is 2.93. The van der Waals surface area contributed by atoms with Crippen LogP contribution in [-0.4, -0.2) is 77.6 Å². The minimum absolute atomic E-state index is 0.135. The molecule has 0 aromatic heterocycles. The molecule has 44 heavy (non-hydrogen) atoms. The number of benzene rings is 1. The highest BCUT2D eigenvalue weighted by Gasteiger charge is 2.62.